The number of nitrogens with zero attached hydrogens (tertiary/aromatic N) is 1. The molecule has 1 N–H and O–H groups in total. The van der Waals surface area contributed by atoms with Crippen LogP contribution in [-0.4, -0.2) is 31.1 Å². The van der Waals surface area contributed by atoms with Crippen LogP contribution < -0.4 is 5.32 Å². The molecule has 18 heavy (non-hydrogen) atoms. The fourth-order valence-electron chi connectivity index (χ4n) is 2.30. The van der Waals surface area contributed by atoms with E-state index < -0.39 is 0 Å². The van der Waals surface area contributed by atoms with Gasteiger partial charge in [0.05, 0.1) is 0 Å². The minimum Gasteiger partial charge on any atom is -0.310 e. The molecule has 0 aliphatic heterocycles. The lowest BCUT2D eigenvalue weighted by molar-refractivity contribution is 0.295. The van der Waals surface area contributed by atoms with Gasteiger partial charge < -0.3 is 10.2 Å². The van der Waals surface area contributed by atoms with E-state index in [2.05, 4.69) is 61.3 Å². The topological polar surface area (TPSA) is 15.3 Å². The molecule has 102 valence electrons. The standard InChI is InChI=1S/C16H28N2/c1-4-16(15-11-8-7-9-12-15)17-13-10-14-18(5-2)6-3/h7-9,11-12,16-17H,4-6,10,13-14H2,1-3H3. The molecule has 0 bridgehead atoms. The molecule has 1 unspecified atom stereocenters. The van der Waals surface area contributed by atoms with E-state index in [0.717, 1.165) is 26.1 Å². The highest BCUT2D eigenvalue weighted by Gasteiger charge is 2.07. The van der Waals surface area contributed by atoms with E-state index in [4.69, 9.17) is 0 Å². The van der Waals surface area contributed by atoms with E-state index in [9.17, 15) is 0 Å². The molecular weight excluding hydrogens is 220 g/mol. The van der Waals surface area contributed by atoms with Crippen molar-refractivity contribution in [1.82, 2.24) is 10.2 Å². The Morgan fingerprint density at radius 2 is 1.72 bits per heavy atom. The summed E-state index contributed by atoms with van der Waals surface area (Å²) in [7, 11) is 0. The molecule has 1 aromatic rings. The molecular formula is C16H28N2. The summed E-state index contributed by atoms with van der Waals surface area (Å²) in [5.74, 6) is 0. The summed E-state index contributed by atoms with van der Waals surface area (Å²) < 4.78 is 0. The molecule has 0 aromatic heterocycles. The zero-order valence-electron chi connectivity index (χ0n) is 12.2. The number of benzene rings is 1. The normalized spacial score (nSPS) is 12.9. The third-order valence-corrected chi connectivity index (χ3v) is 3.55. The molecule has 2 nitrogen and oxygen atoms in total. The highest BCUT2D eigenvalue weighted by molar-refractivity contribution is 5.18. The van der Waals surface area contributed by atoms with E-state index in [1.54, 1.807) is 0 Å². The second-order valence-corrected chi connectivity index (χ2v) is 4.71. The molecule has 0 radical (unpaired) electrons. The predicted octanol–water partition coefficient (Wildman–Crippen LogP) is 3.46. The molecule has 0 spiro atoms. The van der Waals surface area contributed by atoms with Crippen molar-refractivity contribution in [3.05, 3.63) is 35.9 Å². The Hall–Kier alpha value is -0.860. The van der Waals surface area contributed by atoms with Crippen LogP contribution in [0.2, 0.25) is 0 Å². The summed E-state index contributed by atoms with van der Waals surface area (Å²) in [6, 6.07) is 11.3. The van der Waals surface area contributed by atoms with Gasteiger partial charge in [0.1, 0.15) is 0 Å². The van der Waals surface area contributed by atoms with E-state index in [-0.39, 0.29) is 0 Å². The van der Waals surface area contributed by atoms with Crippen molar-refractivity contribution in [2.45, 2.75) is 39.7 Å². The van der Waals surface area contributed by atoms with Crippen LogP contribution in [0.4, 0.5) is 0 Å². The minimum absolute atomic E-state index is 0.503. The van der Waals surface area contributed by atoms with Crippen molar-refractivity contribution in [2.75, 3.05) is 26.2 Å². The van der Waals surface area contributed by atoms with Gasteiger partial charge in [-0.15, -0.1) is 0 Å². The zero-order valence-corrected chi connectivity index (χ0v) is 12.2. The SMILES string of the molecule is CCC(NCCCN(CC)CC)c1ccccc1. The predicted molar refractivity (Wildman–Crippen MR) is 79.9 cm³/mol. The van der Waals surface area contributed by atoms with Gasteiger partial charge in [-0.2, -0.15) is 0 Å². The third-order valence-electron chi connectivity index (χ3n) is 3.55. The van der Waals surface area contributed by atoms with Crippen LogP contribution in [0, 0.1) is 0 Å². The molecule has 0 heterocycles. The fraction of sp³-hybridized carbons (Fsp3) is 0.625. The molecule has 1 rings (SSSR count). The maximum absolute atomic E-state index is 3.66. The molecule has 0 fully saturated rings. The number of nitrogens with one attached hydrogen (secondary N) is 1. The van der Waals surface area contributed by atoms with Crippen LogP contribution in [0.5, 0.6) is 0 Å². The van der Waals surface area contributed by atoms with E-state index in [1.807, 2.05) is 0 Å². The molecule has 0 saturated carbocycles. The monoisotopic (exact) mass is 248 g/mol. The third kappa shape index (κ3) is 5.19. The number of hydrogen-bond donors (Lipinski definition) is 1. The maximum atomic E-state index is 3.66. The largest absolute Gasteiger partial charge is 0.310 e. The second kappa shape index (κ2) is 9.12. The van der Waals surface area contributed by atoms with Crippen molar-refractivity contribution in [1.29, 1.82) is 0 Å². The van der Waals surface area contributed by atoms with Gasteiger partial charge in [-0.1, -0.05) is 51.1 Å². The Bertz CT molecular complexity index is 293. The zero-order chi connectivity index (χ0) is 13.2. The van der Waals surface area contributed by atoms with Crippen LogP contribution in [-0.2, 0) is 0 Å². The van der Waals surface area contributed by atoms with E-state index in [0.29, 0.717) is 6.04 Å². The highest BCUT2D eigenvalue weighted by Crippen LogP contribution is 2.15. The molecule has 0 aliphatic rings. The van der Waals surface area contributed by atoms with Crippen molar-refractivity contribution >= 4 is 0 Å². The summed E-state index contributed by atoms with van der Waals surface area (Å²) in [5, 5.41) is 3.66. The maximum Gasteiger partial charge on any atom is 0.0317 e. The molecule has 0 amide bonds. The first-order chi connectivity index (χ1) is 8.81. The van der Waals surface area contributed by atoms with E-state index >= 15 is 0 Å². The average Bonchev–Trinajstić information content (AvgIpc) is 2.44. The molecule has 1 atom stereocenters. The lowest BCUT2D eigenvalue weighted by atomic mass is 10.0. The van der Waals surface area contributed by atoms with Crippen LogP contribution >= 0.6 is 0 Å². The minimum atomic E-state index is 0.503. The second-order valence-electron chi connectivity index (χ2n) is 4.71. The Morgan fingerprint density at radius 1 is 1.06 bits per heavy atom. The van der Waals surface area contributed by atoms with Crippen molar-refractivity contribution < 1.29 is 0 Å². The lowest BCUT2D eigenvalue weighted by Gasteiger charge is -2.20. The van der Waals surface area contributed by atoms with Crippen molar-refractivity contribution in [3.63, 3.8) is 0 Å². The van der Waals surface area contributed by atoms with E-state index in [1.165, 1.54) is 18.5 Å². The summed E-state index contributed by atoms with van der Waals surface area (Å²) in [4.78, 5) is 2.48. The van der Waals surface area contributed by atoms with Gasteiger partial charge in [-0.05, 0) is 44.6 Å². The first-order valence-electron chi connectivity index (χ1n) is 7.32. The molecule has 0 saturated heterocycles. The van der Waals surface area contributed by atoms with Crippen LogP contribution in [0.25, 0.3) is 0 Å². The smallest absolute Gasteiger partial charge is 0.0317 e. The van der Waals surface area contributed by atoms with Gasteiger partial charge in [0.15, 0.2) is 0 Å². The van der Waals surface area contributed by atoms with Crippen molar-refractivity contribution in [2.24, 2.45) is 0 Å². The fourth-order valence-corrected chi connectivity index (χ4v) is 2.30. The number of hydrogen-bond acceptors (Lipinski definition) is 2. The Labute approximate surface area is 112 Å². The van der Waals surface area contributed by atoms with Crippen LogP contribution in [0.3, 0.4) is 0 Å². The van der Waals surface area contributed by atoms with Gasteiger partial charge in [-0.3, -0.25) is 0 Å². The van der Waals surface area contributed by atoms with Gasteiger partial charge in [0.2, 0.25) is 0 Å². The highest BCUT2D eigenvalue weighted by atomic mass is 15.1. The summed E-state index contributed by atoms with van der Waals surface area (Å²) in [6.07, 6.45) is 2.38. The summed E-state index contributed by atoms with van der Waals surface area (Å²) in [6.45, 7) is 11.3. The van der Waals surface area contributed by atoms with Gasteiger partial charge in [-0.25, -0.2) is 0 Å². The van der Waals surface area contributed by atoms with Gasteiger partial charge in [0, 0.05) is 6.04 Å². The van der Waals surface area contributed by atoms with Gasteiger partial charge >= 0.3 is 0 Å². The quantitative estimate of drug-likeness (QED) is 0.673. The number of rotatable bonds is 9. The van der Waals surface area contributed by atoms with Crippen LogP contribution in [0.15, 0.2) is 30.3 Å². The molecule has 2 heteroatoms. The first-order valence-corrected chi connectivity index (χ1v) is 7.32. The summed E-state index contributed by atoms with van der Waals surface area (Å²) in [5.41, 5.74) is 1.41. The van der Waals surface area contributed by atoms with Gasteiger partial charge in [0.25, 0.3) is 0 Å². The lowest BCUT2D eigenvalue weighted by Crippen LogP contribution is -2.28. The summed E-state index contributed by atoms with van der Waals surface area (Å²) >= 11 is 0. The Morgan fingerprint density at radius 3 is 2.28 bits per heavy atom. The van der Waals surface area contributed by atoms with Crippen molar-refractivity contribution in [3.8, 4) is 0 Å². The average molecular weight is 248 g/mol. The Balaban J connectivity index is 2.28. The Kier molecular flexibility index (Phi) is 7.70. The van der Waals surface area contributed by atoms with Crippen LogP contribution in [0.1, 0.15) is 45.2 Å². The molecule has 0 aliphatic carbocycles. The molecule has 1 aromatic carbocycles. The first kappa shape index (κ1) is 15.2.